The first-order chi connectivity index (χ1) is 8.61. The fourth-order valence-electron chi connectivity index (χ4n) is 2.40. The van der Waals surface area contributed by atoms with Crippen molar-refractivity contribution < 1.29 is 14.7 Å². The van der Waals surface area contributed by atoms with E-state index in [4.69, 9.17) is 5.11 Å². The van der Waals surface area contributed by atoms with Crippen LogP contribution in [0.25, 0.3) is 0 Å². The lowest BCUT2D eigenvalue weighted by Crippen LogP contribution is -2.42. The topological polar surface area (TPSA) is 66.4 Å². The van der Waals surface area contributed by atoms with Gasteiger partial charge in [-0.15, -0.1) is 11.3 Å². The van der Waals surface area contributed by atoms with Crippen molar-refractivity contribution >= 4 is 23.2 Å². The molecular weight excluding hydrogens is 250 g/mol. The van der Waals surface area contributed by atoms with E-state index in [0.717, 1.165) is 12.8 Å². The van der Waals surface area contributed by atoms with E-state index in [0.29, 0.717) is 17.7 Å². The molecule has 4 nitrogen and oxygen atoms in total. The molecule has 18 heavy (non-hydrogen) atoms. The van der Waals surface area contributed by atoms with E-state index >= 15 is 0 Å². The zero-order chi connectivity index (χ0) is 12.8. The van der Waals surface area contributed by atoms with Crippen LogP contribution in [0.1, 0.15) is 45.8 Å². The Morgan fingerprint density at radius 1 is 1.28 bits per heavy atom. The predicted molar refractivity (Wildman–Crippen MR) is 68.0 cm³/mol. The number of aliphatic carboxylic acids is 1. The number of carboxylic acid groups (broad SMARTS) is 1. The second-order valence-electron chi connectivity index (χ2n) is 5.11. The summed E-state index contributed by atoms with van der Waals surface area (Å²) in [6, 6.07) is 1.94. The molecule has 0 spiro atoms. The molecule has 0 unspecified atom stereocenters. The van der Waals surface area contributed by atoms with Gasteiger partial charge in [-0.05, 0) is 50.2 Å². The van der Waals surface area contributed by atoms with Crippen LogP contribution in [0, 0.1) is 0 Å². The standard InChI is InChI=1S/C13H15NO3S/c15-11(14-13(5-6-13)12(16)17)10-7-8-3-1-2-4-9(8)18-10/h7H,1-6H2,(H,14,15)(H,16,17). The van der Waals surface area contributed by atoms with Crippen molar-refractivity contribution in [2.24, 2.45) is 0 Å². The summed E-state index contributed by atoms with van der Waals surface area (Å²) in [7, 11) is 0. The van der Waals surface area contributed by atoms with Gasteiger partial charge in [0, 0.05) is 4.88 Å². The van der Waals surface area contributed by atoms with E-state index in [9.17, 15) is 9.59 Å². The third-order valence-corrected chi connectivity index (χ3v) is 4.97. The Morgan fingerprint density at radius 2 is 2.00 bits per heavy atom. The van der Waals surface area contributed by atoms with Crippen LogP contribution < -0.4 is 5.32 Å². The van der Waals surface area contributed by atoms with Crippen molar-refractivity contribution in [1.82, 2.24) is 5.32 Å². The number of rotatable bonds is 3. The van der Waals surface area contributed by atoms with Gasteiger partial charge in [-0.2, -0.15) is 0 Å². The molecule has 1 saturated carbocycles. The molecule has 1 heterocycles. The maximum atomic E-state index is 12.1. The predicted octanol–water partition coefficient (Wildman–Crippen LogP) is 1.97. The molecule has 1 amide bonds. The Labute approximate surface area is 109 Å². The van der Waals surface area contributed by atoms with Gasteiger partial charge in [0.1, 0.15) is 5.54 Å². The number of carbonyl (C=O) groups excluding carboxylic acids is 1. The Kier molecular flexibility index (Phi) is 2.66. The second kappa shape index (κ2) is 4.09. The largest absolute Gasteiger partial charge is 0.480 e. The zero-order valence-electron chi connectivity index (χ0n) is 9.99. The lowest BCUT2D eigenvalue weighted by molar-refractivity contribution is -0.140. The summed E-state index contributed by atoms with van der Waals surface area (Å²) in [4.78, 5) is 25.1. The summed E-state index contributed by atoms with van der Waals surface area (Å²) < 4.78 is 0. The minimum Gasteiger partial charge on any atom is -0.480 e. The number of amides is 1. The summed E-state index contributed by atoms with van der Waals surface area (Å²) in [6.45, 7) is 0. The molecule has 3 rings (SSSR count). The smallest absolute Gasteiger partial charge is 0.329 e. The number of hydrogen-bond donors (Lipinski definition) is 2. The van der Waals surface area contributed by atoms with Gasteiger partial charge in [-0.3, -0.25) is 4.79 Å². The average Bonchev–Trinajstić information content (AvgIpc) is 3.00. The highest BCUT2D eigenvalue weighted by atomic mass is 32.1. The van der Waals surface area contributed by atoms with E-state index in [1.165, 1.54) is 34.6 Å². The first kappa shape index (κ1) is 11.7. The van der Waals surface area contributed by atoms with Crippen LogP contribution in [0.3, 0.4) is 0 Å². The molecule has 5 heteroatoms. The van der Waals surface area contributed by atoms with Gasteiger partial charge >= 0.3 is 5.97 Å². The molecule has 0 aliphatic heterocycles. The highest BCUT2D eigenvalue weighted by Gasteiger charge is 2.51. The van der Waals surface area contributed by atoms with Crippen LogP contribution in [-0.2, 0) is 17.6 Å². The summed E-state index contributed by atoms with van der Waals surface area (Å²) >= 11 is 1.52. The van der Waals surface area contributed by atoms with Crippen LogP contribution in [0.4, 0.5) is 0 Å². The summed E-state index contributed by atoms with van der Waals surface area (Å²) in [5, 5.41) is 11.7. The van der Waals surface area contributed by atoms with E-state index in [1.807, 2.05) is 6.07 Å². The monoisotopic (exact) mass is 265 g/mol. The molecule has 0 atom stereocenters. The van der Waals surface area contributed by atoms with Gasteiger partial charge in [0.15, 0.2) is 0 Å². The van der Waals surface area contributed by atoms with Crippen molar-refractivity contribution in [3.63, 3.8) is 0 Å². The zero-order valence-corrected chi connectivity index (χ0v) is 10.8. The maximum Gasteiger partial charge on any atom is 0.329 e. The maximum absolute atomic E-state index is 12.1. The SMILES string of the molecule is O=C(NC1(C(=O)O)CC1)c1cc2c(s1)CCCC2. The first-order valence-corrected chi connectivity index (χ1v) is 7.10. The van der Waals surface area contributed by atoms with Crippen LogP contribution in [-0.4, -0.2) is 22.5 Å². The second-order valence-corrected chi connectivity index (χ2v) is 6.24. The van der Waals surface area contributed by atoms with Gasteiger partial charge < -0.3 is 10.4 Å². The van der Waals surface area contributed by atoms with Gasteiger partial charge in [-0.25, -0.2) is 4.79 Å². The molecule has 2 N–H and O–H groups in total. The molecule has 2 aliphatic rings. The van der Waals surface area contributed by atoms with Gasteiger partial charge in [0.25, 0.3) is 5.91 Å². The fraction of sp³-hybridized carbons (Fsp3) is 0.538. The van der Waals surface area contributed by atoms with Crippen molar-refractivity contribution in [1.29, 1.82) is 0 Å². The highest BCUT2D eigenvalue weighted by Crippen LogP contribution is 2.37. The third-order valence-electron chi connectivity index (χ3n) is 3.73. The lowest BCUT2D eigenvalue weighted by atomic mass is 9.99. The van der Waals surface area contributed by atoms with E-state index in [-0.39, 0.29) is 5.91 Å². The molecule has 0 saturated heterocycles. The molecule has 0 bridgehead atoms. The van der Waals surface area contributed by atoms with Crippen molar-refractivity contribution in [3.8, 4) is 0 Å². The Balaban J connectivity index is 1.77. The molecular formula is C13H15NO3S. The van der Waals surface area contributed by atoms with Crippen molar-refractivity contribution in [3.05, 3.63) is 21.4 Å². The van der Waals surface area contributed by atoms with Crippen molar-refractivity contribution in [2.75, 3.05) is 0 Å². The van der Waals surface area contributed by atoms with E-state index in [1.54, 1.807) is 0 Å². The molecule has 96 valence electrons. The fourth-order valence-corrected chi connectivity index (χ4v) is 3.55. The Bertz CT molecular complexity index is 493. The van der Waals surface area contributed by atoms with E-state index in [2.05, 4.69) is 5.32 Å². The van der Waals surface area contributed by atoms with Gasteiger partial charge in [0.05, 0.1) is 4.88 Å². The Hall–Kier alpha value is -1.36. The van der Waals surface area contributed by atoms with E-state index < -0.39 is 11.5 Å². The van der Waals surface area contributed by atoms with Gasteiger partial charge in [-0.1, -0.05) is 0 Å². The van der Waals surface area contributed by atoms with Crippen LogP contribution in [0.5, 0.6) is 0 Å². The number of fused-ring (bicyclic) bond motifs is 1. The molecule has 2 aliphatic carbocycles. The number of hydrogen-bond acceptors (Lipinski definition) is 3. The quantitative estimate of drug-likeness (QED) is 0.878. The molecule has 1 fully saturated rings. The summed E-state index contributed by atoms with van der Waals surface area (Å²) in [5.74, 6) is -1.15. The normalized spacial score (nSPS) is 20.0. The first-order valence-electron chi connectivity index (χ1n) is 6.28. The van der Waals surface area contributed by atoms with Crippen molar-refractivity contribution in [2.45, 2.75) is 44.1 Å². The molecule has 1 aromatic rings. The highest BCUT2D eigenvalue weighted by molar-refractivity contribution is 7.14. The number of thiophene rings is 1. The average molecular weight is 265 g/mol. The Morgan fingerprint density at radius 3 is 2.61 bits per heavy atom. The number of aryl methyl sites for hydroxylation is 2. The van der Waals surface area contributed by atoms with Crippen LogP contribution in [0.2, 0.25) is 0 Å². The minimum atomic E-state index is -0.985. The summed E-state index contributed by atoms with van der Waals surface area (Å²) in [5.41, 5.74) is 0.290. The van der Waals surface area contributed by atoms with Crippen LogP contribution in [0.15, 0.2) is 6.07 Å². The lowest BCUT2D eigenvalue weighted by Gasteiger charge is -2.10. The number of nitrogens with one attached hydrogen (secondary N) is 1. The third kappa shape index (κ3) is 1.92. The number of carboxylic acids is 1. The molecule has 1 aromatic heterocycles. The van der Waals surface area contributed by atoms with Gasteiger partial charge in [0.2, 0.25) is 0 Å². The van der Waals surface area contributed by atoms with Crippen LogP contribution >= 0.6 is 11.3 Å². The number of carbonyl (C=O) groups is 2. The minimum absolute atomic E-state index is 0.228. The molecule has 0 aromatic carbocycles. The molecule has 0 radical (unpaired) electrons. The summed E-state index contributed by atoms with van der Waals surface area (Å²) in [6.07, 6.45) is 5.55.